The molecule has 0 aliphatic carbocycles. The number of aryl methyl sites for hydroxylation is 1. The minimum atomic E-state index is -1.04. The molecule has 0 unspecified atom stereocenters. The summed E-state index contributed by atoms with van der Waals surface area (Å²) in [5.74, 6) is 0.161. The van der Waals surface area contributed by atoms with Crippen molar-refractivity contribution in [2.24, 2.45) is 0 Å². The zero-order valence-corrected chi connectivity index (χ0v) is 10.6. The summed E-state index contributed by atoms with van der Waals surface area (Å²) >= 11 is 0. The lowest BCUT2D eigenvalue weighted by Gasteiger charge is -2.05. The van der Waals surface area contributed by atoms with Crippen LogP contribution >= 0.6 is 0 Å². The van der Waals surface area contributed by atoms with Crippen molar-refractivity contribution in [2.75, 3.05) is 19.8 Å². The third kappa shape index (κ3) is 6.41. The van der Waals surface area contributed by atoms with Crippen LogP contribution in [0, 0.1) is 0 Å². The van der Waals surface area contributed by atoms with Crippen molar-refractivity contribution in [3.05, 3.63) is 17.8 Å². The third-order valence-corrected chi connectivity index (χ3v) is 2.11. The van der Waals surface area contributed by atoms with Gasteiger partial charge in [-0.05, 0) is 0 Å². The molecule has 0 aromatic carbocycles. The van der Waals surface area contributed by atoms with Gasteiger partial charge >= 0.3 is 12.0 Å². The van der Waals surface area contributed by atoms with Crippen LogP contribution in [0.4, 0.5) is 4.79 Å². The first-order valence-electron chi connectivity index (χ1n) is 5.86. The lowest BCUT2D eigenvalue weighted by atomic mass is 10.4. The topological polar surface area (TPSA) is 114 Å². The molecule has 3 N–H and O–H groups in total. The number of nitrogens with one attached hydrogen (secondary N) is 2. The number of nitrogens with zero attached hydrogens (tertiary/aromatic N) is 1. The molecule has 1 aromatic heterocycles. The Bertz CT molecular complexity index is 418. The summed E-state index contributed by atoms with van der Waals surface area (Å²) in [6, 6.07) is -0.393. The first kappa shape index (κ1) is 15.0. The first-order valence-corrected chi connectivity index (χ1v) is 5.86. The summed E-state index contributed by atoms with van der Waals surface area (Å²) in [7, 11) is 0. The number of carbonyl (C=O) groups is 2. The quantitative estimate of drug-likeness (QED) is 0.579. The number of carbonyl (C=O) groups excluding carboxylic acids is 1. The first-order chi connectivity index (χ1) is 9.11. The fourth-order valence-electron chi connectivity index (χ4n) is 1.21. The Labute approximate surface area is 110 Å². The molecule has 0 aliphatic rings. The summed E-state index contributed by atoms with van der Waals surface area (Å²) in [5.41, 5.74) is 0. The van der Waals surface area contributed by atoms with E-state index in [-0.39, 0.29) is 26.3 Å². The second kappa shape index (κ2) is 8.09. The highest BCUT2D eigenvalue weighted by Gasteiger charge is 2.05. The predicted octanol–water partition coefficient (Wildman–Crippen LogP) is 0.137. The van der Waals surface area contributed by atoms with Gasteiger partial charge in [-0.2, -0.15) is 0 Å². The Morgan fingerprint density at radius 3 is 2.89 bits per heavy atom. The molecule has 8 nitrogen and oxygen atoms in total. The molecule has 0 radical (unpaired) electrons. The van der Waals surface area contributed by atoms with Gasteiger partial charge < -0.3 is 24.9 Å². The van der Waals surface area contributed by atoms with Crippen molar-refractivity contribution in [1.29, 1.82) is 0 Å². The molecule has 0 atom stereocenters. The Balaban J connectivity index is 2.09. The maximum absolute atomic E-state index is 11.3. The number of hydrogen-bond donors (Lipinski definition) is 3. The summed E-state index contributed by atoms with van der Waals surface area (Å²) in [6.07, 6.45) is 2.37. The van der Waals surface area contributed by atoms with Crippen LogP contribution in [-0.2, 0) is 22.5 Å². The second-order valence-corrected chi connectivity index (χ2v) is 3.63. The van der Waals surface area contributed by atoms with E-state index in [1.807, 2.05) is 6.92 Å². The number of aliphatic carboxylic acids is 1. The summed E-state index contributed by atoms with van der Waals surface area (Å²) in [5, 5.41) is 13.4. The number of carboxylic acid groups (broad SMARTS) is 1. The number of ether oxygens (including phenoxy) is 1. The fraction of sp³-hybridized carbons (Fsp3) is 0.545. The van der Waals surface area contributed by atoms with E-state index < -0.39 is 12.0 Å². The minimum absolute atomic E-state index is 0.138. The predicted molar refractivity (Wildman–Crippen MR) is 64.6 cm³/mol. The smallest absolute Gasteiger partial charge is 0.329 e. The van der Waals surface area contributed by atoms with Gasteiger partial charge in [0.05, 0.1) is 19.3 Å². The molecule has 2 amide bonds. The zero-order chi connectivity index (χ0) is 14.1. The highest BCUT2D eigenvalue weighted by molar-refractivity contribution is 5.73. The molecule has 1 heterocycles. The van der Waals surface area contributed by atoms with Crippen molar-refractivity contribution < 1.29 is 23.8 Å². The second-order valence-electron chi connectivity index (χ2n) is 3.63. The Morgan fingerprint density at radius 1 is 1.47 bits per heavy atom. The van der Waals surface area contributed by atoms with Crippen LogP contribution in [0.5, 0.6) is 0 Å². The van der Waals surface area contributed by atoms with Crippen LogP contribution in [-0.4, -0.2) is 41.8 Å². The summed E-state index contributed by atoms with van der Waals surface area (Å²) in [6.45, 7) is 2.13. The highest BCUT2D eigenvalue weighted by atomic mass is 16.5. The van der Waals surface area contributed by atoms with Gasteiger partial charge in [0.15, 0.2) is 0 Å². The standard InChI is InChI=1S/C11H17N3O5/c1-2-8-5-13-9(19-8)6-14-11(17)12-3-4-18-7-10(15)16/h5H,2-4,6-7H2,1H3,(H,15,16)(H2,12,14,17). The van der Waals surface area contributed by atoms with Gasteiger partial charge in [0.2, 0.25) is 5.89 Å². The van der Waals surface area contributed by atoms with Crippen molar-refractivity contribution >= 4 is 12.0 Å². The molecular weight excluding hydrogens is 254 g/mol. The number of amides is 2. The van der Waals surface area contributed by atoms with E-state index in [0.29, 0.717) is 5.89 Å². The SMILES string of the molecule is CCc1cnc(CNC(=O)NCCOCC(=O)O)o1. The maximum Gasteiger partial charge on any atom is 0.329 e. The monoisotopic (exact) mass is 271 g/mol. The number of hydrogen-bond acceptors (Lipinski definition) is 5. The number of rotatable bonds is 8. The van der Waals surface area contributed by atoms with Crippen molar-refractivity contribution in [1.82, 2.24) is 15.6 Å². The average Bonchev–Trinajstić information content (AvgIpc) is 2.83. The molecule has 0 spiro atoms. The summed E-state index contributed by atoms with van der Waals surface area (Å²) < 4.78 is 10.1. The van der Waals surface area contributed by atoms with E-state index in [4.69, 9.17) is 14.3 Å². The van der Waals surface area contributed by atoms with E-state index >= 15 is 0 Å². The van der Waals surface area contributed by atoms with Gasteiger partial charge in [-0.3, -0.25) is 0 Å². The largest absolute Gasteiger partial charge is 0.480 e. The Morgan fingerprint density at radius 2 is 2.26 bits per heavy atom. The molecule has 106 valence electrons. The van der Waals surface area contributed by atoms with Crippen LogP contribution < -0.4 is 10.6 Å². The average molecular weight is 271 g/mol. The third-order valence-electron chi connectivity index (χ3n) is 2.11. The normalized spacial score (nSPS) is 10.2. The van der Waals surface area contributed by atoms with E-state index in [1.165, 1.54) is 0 Å². The van der Waals surface area contributed by atoms with Gasteiger partial charge in [-0.15, -0.1) is 0 Å². The van der Waals surface area contributed by atoms with Crippen molar-refractivity contribution in [2.45, 2.75) is 19.9 Å². The lowest BCUT2D eigenvalue weighted by molar-refractivity contribution is -0.142. The van der Waals surface area contributed by atoms with Gasteiger partial charge in [0.25, 0.3) is 0 Å². The molecular formula is C11H17N3O5. The minimum Gasteiger partial charge on any atom is -0.480 e. The molecule has 8 heteroatoms. The van der Waals surface area contributed by atoms with Crippen LogP contribution in [0.3, 0.4) is 0 Å². The van der Waals surface area contributed by atoms with Gasteiger partial charge in [-0.25, -0.2) is 14.6 Å². The number of oxazole rings is 1. The molecule has 0 saturated heterocycles. The molecule has 0 aliphatic heterocycles. The molecule has 0 fully saturated rings. The highest BCUT2D eigenvalue weighted by Crippen LogP contribution is 2.03. The Hall–Kier alpha value is -2.09. The number of carboxylic acids is 1. The molecule has 19 heavy (non-hydrogen) atoms. The molecule has 1 rings (SSSR count). The number of urea groups is 1. The van der Waals surface area contributed by atoms with Crippen LogP contribution in [0.2, 0.25) is 0 Å². The lowest BCUT2D eigenvalue weighted by Crippen LogP contribution is -2.37. The van der Waals surface area contributed by atoms with E-state index in [1.54, 1.807) is 6.20 Å². The van der Waals surface area contributed by atoms with Crippen molar-refractivity contribution in [3.63, 3.8) is 0 Å². The van der Waals surface area contributed by atoms with Crippen LogP contribution in [0.25, 0.3) is 0 Å². The van der Waals surface area contributed by atoms with Gasteiger partial charge in [-0.1, -0.05) is 6.92 Å². The number of aromatic nitrogens is 1. The van der Waals surface area contributed by atoms with E-state index in [9.17, 15) is 9.59 Å². The van der Waals surface area contributed by atoms with Crippen LogP contribution in [0.15, 0.2) is 10.6 Å². The van der Waals surface area contributed by atoms with Crippen molar-refractivity contribution in [3.8, 4) is 0 Å². The molecule has 0 saturated carbocycles. The van der Waals surface area contributed by atoms with E-state index in [2.05, 4.69) is 15.6 Å². The zero-order valence-electron chi connectivity index (χ0n) is 10.6. The maximum atomic E-state index is 11.3. The van der Waals surface area contributed by atoms with Gasteiger partial charge in [0, 0.05) is 13.0 Å². The molecule has 1 aromatic rings. The summed E-state index contributed by atoms with van der Waals surface area (Å²) in [4.78, 5) is 25.5. The van der Waals surface area contributed by atoms with Crippen LogP contribution in [0.1, 0.15) is 18.6 Å². The van der Waals surface area contributed by atoms with Gasteiger partial charge in [0.1, 0.15) is 12.4 Å². The van der Waals surface area contributed by atoms with E-state index in [0.717, 1.165) is 12.2 Å². The fourth-order valence-corrected chi connectivity index (χ4v) is 1.21. The molecule has 0 bridgehead atoms. The Kier molecular flexibility index (Phi) is 6.37.